The van der Waals surface area contributed by atoms with E-state index in [1.54, 1.807) is 5.38 Å². The second-order valence-electron chi connectivity index (χ2n) is 5.24. The van der Waals surface area contributed by atoms with Gasteiger partial charge in [0.25, 0.3) is 5.89 Å². The van der Waals surface area contributed by atoms with Gasteiger partial charge in [-0.1, -0.05) is 5.10 Å². The van der Waals surface area contributed by atoms with Crippen LogP contribution in [0.3, 0.4) is 0 Å². The van der Waals surface area contributed by atoms with Crippen molar-refractivity contribution in [1.29, 1.82) is 0 Å². The van der Waals surface area contributed by atoms with Crippen molar-refractivity contribution < 1.29 is 22.0 Å². The predicted octanol–water partition coefficient (Wildman–Crippen LogP) is 2.44. The van der Waals surface area contributed by atoms with Gasteiger partial charge in [0.15, 0.2) is 9.84 Å². The van der Waals surface area contributed by atoms with Gasteiger partial charge in [-0.15, -0.1) is 16.4 Å². The minimum Gasteiger partial charge on any atom is -0.401 e. The molecule has 1 N–H and O–H groups in total. The lowest BCUT2D eigenvalue weighted by Crippen LogP contribution is -2.17. The Kier molecular flexibility index (Phi) is 5.09. The summed E-state index contributed by atoms with van der Waals surface area (Å²) in [5.41, 5.74) is 0.499. The molecule has 0 saturated heterocycles. The number of benzene rings is 1. The molecule has 0 saturated carbocycles. The van der Waals surface area contributed by atoms with Crippen LogP contribution in [0.1, 0.15) is 11.4 Å². The molecule has 1 aromatic carbocycles. The van der Waals surface area contributed by atoms with Crippen LogP contribution in [0, 0.1) is 12.7 Å². The largest absolute Gasteiger partial charge is 0.401 e. The van der Waals surface area contributed by atoms with Gasteiger partial charge in [0.05, 0.1) is 15.7 Å². The summed E-state index contributed by atoms with van der Waals surface area (Å²) in [5, 5.41) is 12.4. The van der Waals surface area contributed by atoms with Crippen molar-refractivity contribution in [3.63, 3.8) is 0 Å². The molecule has 0 unspecified atom stereocenters. The van der Waals surface area contributed by atoms with Gasteiger partial charge in [0, 0.05) is 11.8 Å². The van der Waals surface area contributed by atoms with Crippen molar-refractivity contribution in [3.05, 3.63) is 40.5 Å². The number of thiazole rings is 1. The lowest BCUT2D eigenvalue weighted by molar-refractivity contribution is -0.115. The van der Waals surface area contributed by atoms with E-state index in [4.69, 9.17) is 4.42 Å². The smallest absolute Gasteiger partial charge is 0.322 e. The predicted molar refractivity (Wildman–Crippen MR) is 91.8 cm³/mol. The highest BCUT2D eigenvalue weighted by atomic mass is 32.2. The minimum atomic E-state index is -3.70. The van der Waals surface area contributed by atoms with E-state index in [-0.39, 0.29) is 23.2 Å². The van der Waals surface area contributed by atoms with Crippen LogP contribution in [0.15, 0.2) is 39.0 Å². The van der Waals surface area contributed by atoms with Gasteiger partial charge in [0.2, 0.25) is 5.91 Å². The van der Waals surface area contributed by atoms with E-state index < -0.39 is 27.3 Å². The second kappa shape index (κ2) is 7.30. The summed E-state index contributed by atoms with van der Waals surface area (Å²) in [5.74, 6) is -1.41. The summed E-state index contributed by atoms with van der Waals surface area (Å²) in [7, 11) is -3.70. The zero-order chi connectivity index (χ0) is 18.7. The van der Waals surface area contributed by atoms with Crippen molar-refractivity contribution in [2.75, 3.05) is 11.1 Å². The number of carbonyl (C=O) groups excluding carboxylic acids is 1. The van der Waals surface area contributed by atoms with Gasteiger partial charge in [-0.3, -0.25) is 10.1 Å². The maximum absolute atomic E-state index is 12.9. The first-order valence-electron chi connectivity index (χ1n) is 7.38. The Labute approximate surface area is 152 Å². The molecule has 0 atom stereocenters. The zero-order valence-electron chi connectivity index (χ0n) is 13.5. The van der Waals surface area contributed by atoms with Gasteiger partial charge >= 0.3 is 6.01 Å². The SMILES string of the molecule is Cc1nc(-c2nnc(NC(=O)CCS(=O)(=O)c3ccc(F)cc3)o2)cs1. The molecule has 3 aromatic rings. The number of rotatable bonds is 6. The third-order valence-electron chi connectivity index (χ3n) is 3.28. The molecular formula is C15H13FN4O4S2. The maximum Gasteiger partial charge on any atom is 0.322 e. The van der Waals surface area contributed by atoms with Crippen molar-refractivity contribution in [1.82, 2.24) is 15.2 Å². The van der Waals surface area contributed by atoms with E-state index >= 15 is 0 Å². The normalized spacial score (nSPS) is 11.5. The number of aromatic nitrogens is 3. The van der Waals surface area contributed by atoms with E-state index in [9.17, 15) is 17.6 Å². The molecule has 0 aliphatic rings. The summed E-state index contributed by atoms with van der Waals surface area (Å²) in [6.45, 7) is 1.83. The van der Waals surface area contributed by atoms with Gasteiger partial charge in [0.1, 0.15) is 11.5 Å². The second-order valence-corrected chi connectivity index (χ2v) is 8.41. The average molecular weight is 396 g/mol. The Morgan fingerprint density at radius 3 is 2.65 bits per heavy atom. The van der Waals surface area contributed by atoms with Crippen LogP contribution in [0.25, 0.3) is 11.6 Å². The van der Waals surface area contributed by atoms with Crippen LogP contribution in [0.5, 0.6) is 0 Å². The molecule has 11 heteroatoms. The summed E-state index contributed by atoms with van der Waals surface area (Å²) in [6.07, 6.45) is -0.312. The molecule has 0 aliphatic carbocycles. The molecule has 136 valence electrons. The monoisotopic (exact) mass is 396 g/mol. The molecule has 0 spiro atoms. The summed E-state index contributed by atoms with van der Waals surface area (Å²) >= 11 is 1.42. The van der Waals surface area contributed by atoms with Crippen LogP contribution < -0.4 is 5.32 Å². The van der Waals surface area contributed by atoms with E-state index in [0.717, 1.165) is 29.3 Å². The van der Waals surface area contributed by atoms with Crippen molar-refractivity contribution in [2.45, 2.75) is 18.2 Å². The number of anilines is 1. The first-order chi connectivity index (χ1) is 12.3. The number of carbonyl (C=O) groups is 1. The number of hydrogen-bond acceptors (Lipinski definition) is 8. The summed E-state index contributed by atoms with van der Waals surface area (Å²) in [6, 6.07) is 4.26. The van der Waals surface area contributed by atoms with Crippen molar-refractivity contribution in [3.8, 4) is 11.6 Å². The highest BCUT2D eigenvalue weighted by Crippen LogP contribution is 2.21. The van der Waals surface area contributed by atoms with Gasteiger partial charge < -0.3 is 4.42 Å². The Bertz CT molecular complexity index is 1030. The van der Waals surface area contributed by atoms with Crippen LogP contribution in [0.4, 0.5) is 10.4 Å². The number of hydrogen-bond donors (Lipinski definition) is 1. The molecule has 1 amide bonds. The molecule has 0 bridgehead atoms. The topological polar surface area (TPSA) is 115 Å². The molecule has 2 heterocycles. The highest BCUT2D eigenvalue weighted by Gasteiger charge is 2.18. The number of nitrogens with one attached hydrogen (secondary N) is 1. The van der Waals surface area contributed by atoms with E-state index in [1.165, 1.54) is 11.3 Å². The number of sulfone groups is 1. The fourth-order valence-corrected chi connectivity index (χ4v) is 3.83. The molecule has 3 rings (SSSR count). The minimum absolute atomic E-state index is 0.0503. The Morgan fingerprint density at radius 1 is 1.27 bits per heavy atom. The third-order valence-corrected chi connectivity index (χ3v) is 5.79. The number of nitrogens with zero attached hydrogens (tertiary/aromatic N) is 3. The third kappa shape index (κ3) is 4.29. The van der Waals surface area contributed by atoms with E-state index in [2.05, 4.69) is 20.5 Å². The maximum atomic E-state index is 12.9. The van der Waals surface area contributed by atoms with Crippen LogP contribution in [-0.4, -0.2) is 35.3 Å². The van der Waals surface area contributed by atoms with Crippen molar-refractivity contribution >= 4 is 33.1 Å². The van der Waals surface area contributed by atoms with Crippen LogP contribution in [-0.2, 0) is 14.6 Å². The van der Waals surface area contributed by atoms with Crippen LogP contribution >= 0.6 is 11.3 Å². The van der Waals surface area contributed by atoms with Crippen LogP contribution in [0.2, 0.25) is 0 Å². The molecule has 0 aliphatic heterocycles. The first kappa shape index (κ1) is 18.1. The number of halogens is 1. The number of aryl methyl sites for hydroxylation is 1. The molecule has 0 radical (unpaired) electrons. The fourth-order valence-electron chi connectivity index (χ4n) is 2.01. The van der Waals surface area contributed by atoms with Gasteiger partial charge in [-0.05, 0) is 31.2 Å². The highest BCUT2D eigenvalue weighted by molar-refractivity contribution is 7.91. The molecule has 8 nitrogen and oxygen atoms in total. The standard InChI is InChI=1S/C15H13FN4O4S2/c1-9-17-12(8-25-9)14-19-20-15(24-14)18-13(21)6-7-26(22,23)11-4-2-10(16)3-5-11/h2-5,8H,6-7H2,1H3,(H,18,20,21). The Hall–Kier alpha value is -2.66. The molecule has 26 heavy (non-hydrogen) atoms. The first-order valence-corrected chi connectivity index (χ1v) is 9.91. The Morgan fingerprint density at radius 2 is 2.00 bits per heavy atom. The molecule has 2 aromatic heterocycles. The van der Waals surface area contributed by atoms with Gasteiger partial charge in [-0.25, -0.2) is 17.8 Å². The van der Waals surface area contributed by atoms with E-state index in [1.807, 2.05) is 6.92 Å². The lowest BCUT2D eigenvalue weighted by Gasteiger charge is -2.04. The fraction of sp³-hybridized carbons (Fsp3) is 0.200. The quantitative estimate of drug-likeness (QED) is 0.636. The summed E-state index contributed by atoms with van der Waals surface area (Å²) in [4.78, 5) is 16.1. The molecular weight excluding hydrogens is 383 g/mol. The number of amides is 1. The zero-order valence-corrected chi connectivity index (χ0v) is 15.1. The summed E-state index contributed by atoms with van der Waals surface area (Å²) < 4.78 is 42.4. The van der Waals surface area contributed by atoms with Gasteiger partial charge in [-0.2, -0.15) is 0 Å². The van der Waals surface area contributed by atoms with Crippen molar-refractivity contribution in [2.24, 2.45) is 0 Å². The lowest BCUT2D eigenvalue weighted by atomic mass is 10.4. The average Bonchev–Trinajstić information content (AvgIpc) is 3.22. The molecule has 0 fully saturated rings. The Balaban J connectivity index is 1.59. The van der Waals surface area contributed by atoms with E-state index in [0.29, 0.717) is 5.69 Å².